The molecular weight excluding hydrogens is 460 g/mol. The first-order chi connectivity index (χ1) is 16.6. The number of likely N-dealkylation sites (tertiary alicyclic amines) is 1. The van der Waals surface area contributed by atoms with E-state index in [1.807, 2.05) is 17.0 Å². The van der Waals surface area contributed by atoms with Crippen molar-refractivity contribution in [1.29, 1.82) is 0 Å². The molecule has 0 aliphatic carbocycles. The number of methoxy groups -OCH3 is 2. The zero-order chi connectivity index (χ0) is 23.7. The van der Waals surface area contributed by atoms with Crippen molar-refractivity contribution in [2.24, 2.45) is 5.92 Å². The molecule has 2 aliphatic rings. The van der Waals surface area contributed by atoms with Gasteiger partial charge >= 0.3 is 0 Å². The Bertz CT molecular complexity index is 1210. The molecule has 3 aromatic rings. The summed E-state index contributed by atoms with van der Waals surface area (Å²) in [7, 11) is 3.25. The summed E-state index contributed by atoms with van der Waals surface area (Å²) in [6.07, 6.45) is 3.21. The lowest BCUT2D eigenvalue weighted by Crippen LogP contribution is -2.45. The monoisotopic (exact) mass is 494 g/mol. The number of carbonyl (C=O) groups excluding carboxylic acids is 1. The fourth-order valence-corrected chi connectivity index (χ4v) is 5.66. The van der Waals surface area contributed by atoms with Crippen LogP contribution in [0.25, 0.3) is 10.8 Å². The molecule has 1 saturated heterocycles. The van der Waals surface area contributed by atoms with Gasteiger partial charge in [-0.05, 0) is 78.2 Å². The lowest BCUT2D eigenvalue weighted by atomic mass is 9.93. The number of halogens is 1. The quantitative estimate of drug-likeness (QED) is 0.454. The smallest absolute Gasteiger partial charge is 0.254 e. The number of fused-ring (bicyclic) bond motifs is 2. The van der Waals surface area contributed by atoms with E-state index in [9.17, 15) is 4.79 Å². The van der Waals surface area contributed by atoms with Crippen molar-refractivity contribution in [3.8, 4) is 11.5 Å². The van der Waals surface area contributed by atoms with Crippen molar-refractivity contribution >= 4 is 29.1 Å². The number of piperidine rings is 1. The highest BCUT2D eigenvalue weighted by Crippen LogP contribution is 2.34. The molecule has 6 heteroatoms. The molecule has 0 aromatic heterocycles. The Morgan fingerprint density at radius 3 is 2.57 bits per heavy atom. The molecule has 0 spiro atoms. The van der Waals surface area contributed by atoms with Gasteiger partial charge in [-0.3, -0.25) is 9.69 Å². The van der Waals surface area contributed by atoms with Crippen LogP contribution in [0, 0.1) is 12.8 Å². The highest BCUT2D eigenvalue weighted by Gasteiger charge is 2.30. The highest BCUT2D eigenvalue weighted by molar-refractivity contribution is 5.97. The number of amides is 1. The van der Waals surface area contributed by atoms with Gasteiger partial charge in [0, 0.05) is 31.7 Å². The van der Waals surface area contributed by atoms with Crippen LogP contribution in [-0.4, -0.2) is 56.1 Å². The summed E-state index contributed by atoms with van der Waals surface area (Å²) >= 11 is 0. The highest BCUT2D eigenvalue weighted by atomic mass is 35.5. The van der Waals surface area contributed by atoms with Crippen molar-refractivity contribution in [1.82, 2.24) is 9.80 Å². The third-order valence-electron chi connectivity index (χ3n) is 7.52. The molecule has 1 fully saturated rings. The van der Waals surface area contributed by atoms with Gasteiger partial charge in [-0.1, -0.05) is 36.4 Å². The summed E-state index contributed by atoms with van der Waals surface area (Å²) in [6.45, 7) is 6.92. The fourth-order valence-electron chi connectivity index (χ4n) is 5.66. The average molecular weight is 495 g/mol. The summed E-state index contributed by atoms with van der Waals surface area (Å²) in [6, 6.07) is 16.9. The maximum Gasteiger partial charge on any atom is 0.254 e. The molecule has 0 N–H and O–H groups in total. The second-order valence-electron chi connectivity index (χ2n) is 9.69. The lowest BCUT2D eigenvalue weighted by molar-refractivity contribution is 0.0656. The van der Waals surface area contributed by atoms with Gasteiger partial charge in [-0.25, -0.2) is 0 Å². The van der Waals surface area contributed by atoms with E-state index in [1.54, 1.807) is 14.2 Å². The third-order valence-corrected chi connectivity index (χ3v) is 7.52. The van der Waals surface area contributed by atoms with Gasteiger partial charge in [-0.15, -0.1) is 12.4 Å². The minimum Gasteiger partial charge on any atom is -0.493 e. The lowest BCUT2D eigenvalue weighted by Gasteiger charge is -2.37. The average Bonchev–Trinajstić information content (AvgIpc) is 2.87. The first-order valence-electron chi connectivity index (χ1n) is 12.3. The van der Waals surface area contributed by atoms with E-state index in [0.29, 0.717) is 17.4 Å². The molecule has 3 aromatic carbocycles. The molecule has 35 heavy (non-hydrogen) atoms. The van der Waals surface area contributed by atoms with Crippen molar-refractivity contribution in [2.45, 2.75) is 32.7 Å². The Hall–Kier alpha value is -2.76. The molecule has 1 atom stereocenters. The first kappa shape index (κ1) is 25.3. The largest absolute Gasteiger partial charge is 0.493 e. The molecule has 0 radical (unpaired) electrons. The number of benzene rings is 3. The normalized spacial score (nSPS) is 18.2. The summed E-state index contributed by atoms with van der Waals surface area (Å²) in [5, 5.41) is 2.66. The Balaban J connectivity index is 0.00000289. The van der Waals surface area contributed by atoms with Crippen LogP contribution >= 0.6 is 12.4 Å². The molecular formula is C29H35ClN2O3. The molecule has 1 unspecified atom stereocenters. The number of hydrogen-bond acceptors (Lipinski definition) is 4. The summed E-state index contributed by atoms with van der Waals surface area (Å²) in [4.78, 5) is 18.0. The molecule has 0 bridgehead atoms. The minimum atomic E-state index is 0. The molecule has 186 valence electrons. The van der Waals surface area contributed by atoms with Gasteiger partial charge < -0.3 is 14.4 Å². The van der Waals surface area contributed by atoms with E-state index in [-0.39, 0.29) is 18.3 Å². The van der Waals surface area contributed by atoms with E-state index in [1.165, 1.54) is 34.7 Å². The number of hydrogen-bond donors (Lipinski definition) is 0. The van der Waals surface area contributed by atoms with Crippen molar-refractivity contribution in [3.05, 3.63) is 70.8 Å². The Labute approximate surface area is 214 Å². The zero-order valence-corrected chi connectivity index (χ0v) is 21.7. The SMILES string of the molecule is COc1cc2c(cc1OC)C(=O)N(CC1CCCN(Cc3c(C)ccc4ccccc34)C1)CC2.Cl. The minimum absolute atomic E-state index is 0. The second kappa shape index (κ2) is 10.9. The van der Waals surface area contributed by atoms with Gasteiger partial charge in [0.2, 0.25) is 0 Å². The van der Waals surface area contributed by atoms with Crippen molar-refractivity contribution in [3.63, 3.8) is 0 Å². The van der Waals surface area contributed by atoms with Crippen LogP contribution in [0.15, 0.2) is 48.5 Å². The summed E-state index contributed by atoms with van der Waals surface area (Å²) < 4.78 is 10.9. The maximum atomic E-state index is 13.3. The standard InChI is InChI=1S/C29H34N2O3.ClH/c1-20-10-11-22-8-4-5-9-24(22)26(20)19-30-13-6-7-21(17-30)18-31-14-12-23-15-27(33-2)28(34-3)16-25(23)29(31)32;/h4-5,8-11,15-16,21H,6-7,12-14,17-19H2,1-3H3;1H. The van der Waals surface area contributed by atoms with Gasteiger partial charge in [-0.2, -0.15) is 0 Å². The van der Waals surface area contributed by atoms with Crippen LogP contribution in [0.2, 0.25) is 0 Å². The fraction of sp³-hybridized carbons (Fsp3) is 0.414. The van der Waals surface area contributed by atoms with Crippen LogP contribution in [0.4, 0.5) is 0 Å². The van der Waals surface area contributed by atoms with Crippen LogP contribution in [0.3, 0.4) is 0 Å². The van der Waals surface area contributed by atoms with E-state index in [0.717, 1.165) is 50.3 Å². The number of carbonyl (C=O) groups is 1. The van der Waals surface area contributed by atoms with E-state index in [4.69, 9.17) is 9.47 Å². The van der Waals surface area contributed by atoms with E-state index in [2.05, 4.69) is 48.2 Å². The van der Waals surface area contributed by atoms with E-state index < -0.39 is 0 Å². The van der Waals surface area contributed by atoms with Crippen LogP contribution in [0.5, 0.6) is 11.5 Å². The second-order valence-corrected chi connectivity index (χ2v) is 9.69. The van der Waals surface area contributed by atoms with Crippen LogP contribution in [0.1, 0.15) is 39.9 Å². The molecule has 2 heterocycles. The van der Waals surface area contributed by atoms with Crippen molar-refractivity contribution < 1.29 is 14.3 Å². The Morgan fingerprint density at radius 1 is 1.00 bits per heavy atom. The van der Waals surface area contributed by atoms with Gasteiger partial charge in [0.05, 0.1) is 14.2 Å². The molecule has 2 aliphatic heterocycles. The molecule has 5 rings (SSSR count). The Kier molecular flexibility index (Phi) is 7.88. The molecule has 1 amide bonds. The van der Waals surface area contributed by atoms with Crippen LogP contribution in [-0.2, 0) is 13.0 Å². The van der Waals surface area contributed by atoms with E-state index >= 15 is 0 Å². The zero-order valence-electron chi connectivity index (χ0n) is 20.9. The number of ether oxygens (including phenoxy) is 2. The number of rotatable bonds is 6. The van der Waals surface area contributed by atoms with Gasteiger partial charge in [0.1, 0.15) is 0 Å². The Morgan fingerprint density at radius 2 is 1.77 bits per heavy atom. The van der Waals surface area contributed by atoms with Gasteiger partial charge in [0.25, 0.3) is 5.91 Å². The number of nitrogens with zero attached hydrogens (tertiary/aromatic N) is 2. The van der Waals surface area contributed by atoms with Gasteiger partial charge in [0.15, 0.2) is 11.5 Å². The van der Waals surface area contributed by atoms with Crippen LogP contribution < -0.4 is 9.47 Å². The van der Waals surface area contributed by atoms with Crippen molar-refractivity contribution in [2.75, 3.05) is 40.4 Å². The predicted octanol–water partition coefficient (Wildman–Crippen LogP) is 5.50. The summed E-state index contributed by atoms with van der Waals surface area (Å²) in [5.74, 6) is 1.92. The third kappa shape index (κ3) is 5.12. The molecule has 5 nitrogen and oxygen atoms in total. The summed E-state index contributed by atoms with van der Waals surface area (Å²) in [5.41, 5.74) is 4.59. The topological polar surface area (TPSA) is 42.0 Å². The first-order valence-corrected chi connectivity index (χ1v) is 12.3. The number of aryl methyl sites for hydroxylation is 1. The maximum absolute atomic E-state index is 13.3. The molecule has 0 saturated carbocycles. The predicted molar refractivity (Wildman–Crippen MR) is 143 cm³/mol.